The Morgan fingerprint density at radius 1 is 1.35 bits per heavy atom. The highest BCUT2D eigenvalue weighted by molar-refractivity contribution is 5.37. The molecule has 1 aliphatic rings. The van der Waals surface area contributed by atoms with Crippen molar-refractivity contribution in [2.45, 2.75) is 39.3 Å². The summed E-state index contributed by atoms with van der Waals surface area (Å²) in [5.74, 6) is 0.977. The van der Waals surface area contributed by atoms with Crippen LogP contribution in [0.3, 0.4) is 0 Å². The maximum absolute atomic E-state index is 4.21. The van der Waals surface area contributed by atoms with Crippen molar-refractivity contribution < 1.29 is 0 Å². The van der Waals surface area contributed by atoms with Crippen molar-refractivity contribution in [3.05, 3.63) is 47.5 Å². The predicted molar refractivity (Wildman–Crippen MR) is 79.2 cm³/mol. The SMILES string of the molecule is CC(NC1c2ccccc2CC1(C)C)c1nncn1C. The van der Waals surface area contributed by atoms with Gasteiger partial charge in [-0.25, -0.2) is 0 Å². The monoisotopic (exact) mass is 270 g/mol. The lowest BCUT2D eigenvalue weighted by Crippen LogP contribution is -2.34. The Balaban J connectivity index is 1.88. The van der Waals surface area contributed by atoms with E-state index in [9.17, 15) is 0 Å². The maximum Gasteiger partial charge on any atom is 0.149 e. The van der Waals surface area contributed by atoms with Gasteiger partial charge in [0.1, 0.15) is 12.2 Å². The maximum atomic E-state index is 4.21. The highest BCUT2D eigenvalue weighted by Gasteiger charge is 2.39. The zero-order valence-corrected chi connectivity index (χ0v) is 12.6. The Morgan fingerprint density at radius 3 is 2.80 bits per heavy atom. The summed E-state index contributed by atoms with van der Waals surface area (Å²) in [5.41, 5.74) is 3.10. The second-order valence-electron chi connectivity index (χ2n) is 6.49. The molecule has 2 atom stereocenters. The molecule has 1 aromatic heterocycles. The van der Waals surface area contributed by atoms with E-state index in [1.165, 1.54) is 11.1 Å². The quantitative estimate of drug-likeness (QED) is 0.932. The number of fused-ring (bicyclic) bond motifs is 1. The molecule has 4 heteroatoms. The summed E-state index contributed by atoms with van der Waals surface area (Å²) >= 11 is 0. The van der Waals surface area contributed by atoms with Gasteiger partial charge in [0.25, 0.3) is 0 Å². The van der Waals surface area contributed by atoms with Crippen LogP contribution >= 0.6 is 0 Å². The van der Waals surface area contributed by atoms with Crippen molar-refractivity contribution in [2.75, 3.05) is 0 Å². The molecule has 2 aromatic rings. The Kier molecular flexibility index (Phi) is 3.13. The van der Waals surface area contributed by atoms with Crippen LogP contribution in [0.1, 0.15) is 49.8 Å². The molecule has 2 unspecified atom stereocenters. The van der Waals surface area contributed by atoms with E-state index in [4.69, 9.17) is 0 Å². The fourth-order valence-electron chi connectivity index (χ4n) is 3.31. The van der Waals surface area contributed by atoms with Gasteiger partial charge in [0.15, 0.2) is 0 Å². The molecule has 3 rings (SSSR count). The molecule has 0 fully saturated rings. The lowest BCUT2D eigenvalue weighted by atomic mass is 9.85. The molecular weight excluding hydrogens is 248 g/mol. The lowest BCUT2D eigenvalue weighted by Gasteiger charge is -2.31. The first kappa shape index (κ1) is 13.3. The number of nitrogens with zero attached hydrogens (tertiary/aromatic N) is 3. The van der Waals surface area contributed by atoms with Crippen LogP contribution in [0, 0.1) is 5.41 Å². The second-order valence-corrected chi connectivity index (χ2v) is 6.49. The van der Waals surface area contributed by atoms with E-state index < -0.39 is 0 Å². The van der Waals surface area contributed by atoms with Gasteiger partial charge in [-0.05, 0) is 29.9 Å². The molecule has 0 spiro atoms. The molecule has 0 saturated carbocycles. The average Bonchev–Trinajstić information content (AvgIpc) is 2.92. The van der Waals surface area contributed by atoms with E-state index in [1.807, 2.05) is 11.6 Å². The summed E-state index contributed by atoms with van der Waals surface area (Å²) in [5, 5.41) is 11.9. The van der Waals surface area contributed by atoms with Crippen molar-refractivity contribution >= 4 is 0 Å². The molecule has 106 valence electrons. The fraction of sp³-hybridized carbons (Fsp3) is 0.500. The van der Waals surface area contributed by atoms with Crippen molar-refractivity contribution in [1.29, 1.82) is 0 Å². The molecule has 0 amide bonds. The van der Waals surface area contributed by atoms with Crippen LogP contribution in [0.25, 0.3) is 0 Å². The number of rotatable bonds is 3. The minimum Gasteiger partial charge on any atom is -0.319 e. The van der Waals surface area contributed by atoms with Gasteiger partial charge in [-0.15, -0.1) is 10.2 Å². The summed E-state index contributed by atoms with van der Waals surface area (Å²) in [6.45, 7) is 6.81. The van der Waals surface area contributed by atoms with Crippen LogP contribution in [-0.2, 0) is 13.5 Å². The molecule has 20 heavy (non-hydrogen) atoms. The van der Waals surface area contributed by atoms with Crippen LogP contribution in [0.2, 0.25) is 0 Å². The van der Waals surface area contributed by atoms with Crippen LogP contribution in [-0.4, -0.2) is 14.8 Å². The van der Waals surface area contributed by atoms with Crippen LogP contribution in [0.5, 0.6) is 0 Å². The number of benzene rings is 1. The van der Waals surface area contributed by atoms with E-state index in [0.717, 1.165) is 12.2 Å². The Morgan fingerprint density at radius 2 is 2.10 bits per heavy atom. The molecule has 0 aliphatic heterocycles. The van der Waals surface area contributed by atoms with Gasteiger partial charge in [0.2, 0.25) is 0 Å². The van der Waals surface area contributed by atoms with Crippen LogP contribution < -0.4 is 5.32 Å². The zero-order valence-electron chi connectivity index (χ0n) is 12.6. The zero-order chi connectivity index (χ0) is 14.3. The molecule has 0 saturated heterocycles. The Hall–Kier alpha value is -1.68. The van der Waals surface area contributed by atoms with Crippen molar-refractivity contribution in [3.8, 4) is 0 Å². The van der Waals surface area contributed by atoms with Crippen LogP contribution in [0.4, 0.5) is 0 Å². The molecule has 0 bridgehead atoms. The van der Waals surface area contributed by atoms with Gasteiger partial charge in [-0.1, -0.05) is 38.1 Å². The van der Waals surface area contributed by atoms with E-state index in [2.05, 4.69) is 60.6 Å². The van der Waals surface area contributed by atoms with Crippen LogP contribution in [0.15, 0.2) is 30.6 Å². The van der Waals surface area contributed by atoms with Gasteiger partial charge in [-0.2, -0.15) is 0 Å². The van der Waals surface area contributed by atoms with Crippen molar-refractivity contribution in [3.63, 3.8) is 0 Å². The van der Waals surface area contributed by atoms with E-state index in [1.54, 1.807) is 6.33 Å². The third-order valence-corrected chi connectivity index (χ3v) is 4.34. The van der Waals surface area contributed by atoms with Gasteiger partial charge >= 0.3 is 0 Å². The number of hydrogen-bond donors (Lipinski definition) is 1. The van der Waals surface area contributed by atoms with Crippen molar-refractivity contribution in [2.24, 2.45) is 12.5 Å². The summed E-state index contributed by atoms with van der Waals surface area (Å²) < 4.78 is 1.98. The smallest absolute Gasteiger partial charge is 0.149 e. The normalized spacial score (nSPS) is 21.7. The predicted octanol–water partition coefficient (Wildman–Crippen LogP) is 2.79. The highest BCUT2D eigenvalue weighted by atomic mass is 15.3. The molecule has 1 aliphatic carbocycles. The first-order valence-electron chi connectivity index (χ1n) is 7.17. The summed E-state index contributed by atoms with van der Waals surface area (Å²) in [4.78, 5) is 0. The molecule has 0 radical (unpaired) electrons. The minimum atomic E-state index is 0.179. The third kappa shape index (κ3) is 2.14. The lowest BCUT2D eigenvalue weighted by molar-refractivity contribution is 0.248. The fourth-order valence-corrected chi connectivity index (χ4v) is 3.31. The molecule has 1 N–H and O–H groups in total. The first-order chi connectivity index (χ1) is 9.49. The van der Waals surface area contributed by atoms with Gasteiger partial charge in [-0.3, -0.25) is 0 Å². The number of aryl methyl sites for hydroxylation is 1. The van der Waals surface area contributed by atoms with Crippen molar-refractivity contribution in [1.82, 2.24) is 20.1 Å². The molecule has 1 aromatic carbocycles. The van der Waals surface area contributed by atoms with E-state index >= 15 is 0 Å². The largest absolute Gasteiger partial charge is 0.319 e. The minimum absolute atomic E-state index is 0.179. The second kappa shape index (κ2) is 4.70. The Bertz CT molecular complexity index is 614. The first-order valence-corrected chi connectivity index (χ1v) is 7.17. The topological polar surface area (TPSA) is 42.7 Å². The number of nitrogens with one attached hydrogen (secondary N) is 1. The van der Waals surface area contributed by atoms with E-state index in [-0.39, 0.29) is 11.5 Å². The third-order valence-electron chi connectivity index (χ3n) is 4.34. The van der Waals surface area contributed by atoms with Gasteiger partial charge in [0.05, 0.1) is 6.04 Å². The highest BCUT2D eigenvalue weighted by Crippen LogP contribution is 2.45. The number of hydrogen-bond acceptors (Lipinski definition) is 3. The van der Waals surface area contributed by atoms with Gasteiger partial charge < -0.3 is 9.88 Å². The van der Waals surface area contributed by atoms with E-state index in [0.29, 0.717) is 6.04 Å². The Labute approximate surface area is 120 Å². The standard InChI is InChI=1S/C16H22N4/c1-11(15-19-17-10-20(15)4)18-14-13-8-6-5-7-12(13)9-16(14,2)3/h5-8,10-11,14,18H,9H2,1-4H3. The molecule has 4 nitrogen and oxygen atoms in total. The molecular formula is C16H22N4. The summed E-state index contributed by atoms with van der Waals surface area (Å²) in [6.07, 6.45) is 2.87. The van der Waals surface area contributed by atoms with Gasteiger partial charge in [0, 0.05) is 13.1 Å². The molecule has 1 heterocycles. The summed E-state index contributed by atoms with van der Waals surface area (Å²) in [6, 6.07) is 9.27. The number of aromatic nitrogens is 3. The summed E-state index contributed by atoms with van der Waals surface area (Å²) in [7, 11) is 1.99. The average molecular weight is 270 g/mol.